The summed E-state index contributed by atoms with van der Waals surface area (Å²) < 4.78 is 4.98. The molecule has 58 valence electrons. The van der Waals surface area contributed by atoms with Crippen LogP contribution in [0, 0.1) is 11.3 Å². The predicted octanol–water partition coefficient (Wildman–Crippen LogP) is -0.0310. The second-order valence-electron chi connectivity index (χ2n) is 2.63. The Morgan fingerprint density at radius 1 is 1.50 bits per heavy atom. The third-order valence-corrected chi connectivity index (χ3v) is 1.93. The Morgan fingerprint density at radius 3 is 3.00 bits per heavy atom. The van der Waals surface area contributed by atoms with Crippen molar-refractivity contribution in [3.8, 4) is 6.07 Å². The molecule has 1 aromatic carbocycles. The van der Waals surface area contributed by atoms with Gasteiger partial charge in [-0.25, -0.2) is 0 Å². The highest BCUT2D eigenvalue weighted by Crippen LogP contribution is 2.21. The molecule has 1 aliphatic heterocycles. The summed E-state index contributed by atoms with van der Waals surface area (Å²) in [5.74, 6) is 0. The molecule has 1 heterocycles. The number of nitrogens with zero attached hydrogens (tertiary/aromatic N) is 1. The van der Waals surface area contributed by atoms with Crippen LogP contribution in [0.15, 0.2) is 24.3 Å². The Labute approximate surface area is 70.3 Å². The summed E-state index contributed by atoms with van der Waals surface area (Å²) in [6, 6.07) is 9.16. The molecule has 2 rings (SSSR count). The predicted molar refractivity (Wildman–Crippen MR) is 43.5 cm³/mol. The minimum Gasteiger partial charge on any atom is -0.423 e. The lowest BCUT2D eigenvalue weighted by atomic mass is 9.79. The Morgan fingerprint density at radius 2 is 2.25 bits per heavy atom. The molecule has 0 radical (unpaired) electrons. The van der Waals surface area contributed by atoms with Crippen molar-refractivity contribution < 1.29 is 9.68 Å². The third kappa shape index (κ3) is 0.917. The quantitative estimate of drug-likeness (QED) is 0.540. The molecule has 0 aliphatic carbocycles. The van der Waals surface area contributed by atoms with E-state index in [1.807, 2.05) is 18.2 Å². The van der Waals surface area contributed by atoms with Gasteiger partial charge in [-0.1, -0.05) is 24.3 Å². The topological polar surface area (TPSA) is 53.2 Å². The van der Waals surface area contributed by atoms with Gasteiger partial charge in [0.1, 0.15) is 0 Å². The van der Waals surface area contributed by atoms with Gasteiger partial charge in [-0.3, -0.25) is 0 Å². The molecule has 1 N–H and O–H groups in total. The highest BCUT2D eigenvalue weighted by atomic mass is 16.5. The van der Waals surface area contributed by atoms with Crippen LogP contribution in [0.3, 0.4) is 0 Å². The van der Waals surface area contributed by atoms with E-state index in [4.69, 9.17) is 9.92 Å². The molecule has 0 saturated heterocycles. The maximum Gasteiger partial charge on any atom is 0.492 e. The average molecular weight is 159 g/mol. The molecule has 1 atom stereocenters. The number of nitriles is 1. The van der Waals surface area contributed by atoms with Crippen molar-refractivity contribution in [2.45, 2.75) is 6.10 Å². The van der Waals surface area contributed by atoms with Crippen LogP contribution in [0.4, 0.5) is 0 Å². The average Bonchev–Trinajstić information content (AvgIpc) is 2.44. The van der Waals surface area contributed by atoms with Crippen molar-refractivity contribution in [1.29, 1.82) is 5.26 Å². The normalized spacial score (nSPS) is 20.3. The van der Waals surface area contributed by atoms with Gasteiger partial charge in [0, 0.05) is 0 Å². The zero-order valence-corrected chi connectivity index (χ0v) is 6.27. The first kappa shape index (κ1) is 7.35. The molecule has 0 amide bonds. The largest absolute Gasteiger partial charge is 0.492 e. The second kappa shape index (κ2) is 2.63. The number of hydrogen-bond donors (Lipinski definition) is 1. The molecule has 12 heavy (non-hydrogen) atoms. The van der Waals surface area contributed by atoms with Crippen LogP contribution in [0.1, 0.15) is 11.7 Å². The molecule has 3 nitrogen and oxygen atoms in total. The van der Waals surface area contributed by atoms with Crippen molar-refractivity contribution in [2.24, 2.45) is 0 Å². The van der Waals surface area contributed by atoms with Crippen LogP contribution in [0.5, 0.6) is 0 Å². The maximum absolute atomic E-state index is 9.31. The monoisotopic (exact) mass is 159 g/mol. The van der Waals surface area contributed by atoms with Crippen LogP contribution in [0.25, 0.3) is 0 Å². The number of rotatable bonds is 0. The molecule has 0 saturated carbocycles. The zero-order valence-electron chi connectivity index (χ0n) is 6.27. The summed E-state index contributed by atoms with van der Waals surface area (Å²) >= 11 is 0. The fourth-order valence-electron chi connectivity index (χ4n) is 1.35. The van der Waals surface area contributed by atoms with Gasteiger partial charge in [0.25, 0.3) is 0 Å². The van der Waals surface area contributed by atoms with Crippen LogP contribution >= 0.6 is 0 Å². The van der Waals surface area contributed by atoms with Gasteiger partial charge in [-0.15, -0.1) is 0 Å². The van der Waals surface area contributed by atoms with E-state index in [2.05, 4.69) is 0 Å². The molecule has 0 bridgehead atoms. The molecule has 1 aliphatic rings. The molecule has 0 spiro atoms. The number of benzene rings is 1. The minimum atomic E-state index is -0.939. The van der Waals surface area contributed by atoms with E-state index in [-0.39, 0.29) is 0 Å². The van der Waals surface area contributed by atoms with E-state index >= 15 is 0 Å². The lowest BCUT2D eigenvalue weighted by Gasteiger charge is -1.98. The van der Waals surface area contributed by atoms with Gasteiger partial charge in [-0.2, -0.15) is 5.26 Å². The zero-order chi connectivity index (χ0) is 8.55. The first-order valence-corrected chi connectivity index (χ1v) is 3.65. The van der Waals surface area contributed by atoms with Crippen LogP contribution in [-0.2, 0) is 4.65 Å². The molecular weight excluding hydrogens is 153 g/mol. The summed E-state index contributed by atoms with van der Waals surface area (Å²) in [5.41, 5.74) is 1.47. The first-order chi connectivity index (χ1) is 5.83. The van der Waals surface area contributed by atoms with Crippen molar-refractivity contribution in [2.75, 3.05) is 0 Å². The van der Waals surface area contributed by atoms with E-state index in [0.29, 0.717) is 5.46 Å². The van der Waals surface area contributed by atoms with Crippen molar-refractivity contribution in [3.63, 3.8) is 0 Å². The molecule has 0 aromatic heterocycles. The fourth-order valence-corrected chi connectivity index (χ4v) is 1.35. The Hall–Kier alpha value is -1.31. The highest BCUT2D eigenvalue weighted by Gasteiger charge is 2.34. The summed E-state index contributed by atoms with van der Waals surface area (Å²) in [4.78, 5) is 0. The number of fused-ring (bicyclic) bond motifs is 1. The lowest BCUT2D eigenvalue weighted by molar-refractivity contribution is 0.239. The Kier molecular flexibility index (Phi) is 1.61. The summed E-state index contributed by atoms with van der Waals surface area (Å²) in [6.45, 7) is 0. The summed E-state index contributed by atoms with van der Waals surface area (Å²) in [5, 5.41) is 18.0. The third-order valence-electron chi connectivity index (χ3n) is 1.93. The second-order valence-corrected chi connectivity index (χ2v) is 2.63. The summed E-state index contributed by atoms with van der Waals surface area (Å²) in [6.07, 6.45) is -0.615. The molecule has 1 aromatic rings. The fraction of sp³-hybridized carbons (Fsp3) is 0.125. The van der Waals surface area contributed by atoms with E-state index < -0.39 is 13.2 Å². The van der Waals surface area contributed by atoms with Crippen LogP contribution < -0.4 is 5.46 Å². The van der Waals surface area contributed by atoms with E-state index in [1.54, 1.807) is 12.1 Å². The molecule has 4 heteroatoms. The molecular formula is C8H6BNO2. The SMILES string of the molecule is N#C[C@@H]1OB(O)c2ccccc21. The number of hydrogen-bond acceptors (Lipinski definition) is 3. The van der Waals surface area contributed by atoms with Gasteiger partial charge in [-0.05, 0) is 11.0 Å². The van der Waals surface area contributed by atoms with Gasteiger partial charge in [0.15, 0.2) is 6.10 Å². The smallest absolute Gasteiger partial charge is 0.423 e. The summed E-state index contributed by atoms with van der Waals surface area (Å²) in [7, 11) is -0.939. The Balaban J connectivity index is 2.52. The Bertz CT molecular complexity index is 347. The van der Waals surface area contributed by atoms with E-state index in [1.165, 1.54) is 0 Å². The van der Waals surface area contributed by atoms with Crippen LogP contribution in [-0.4, -0.2) is 12.1 Å². The highest BCUT2D eigenvalue weighted by molar-refractivity contribution is 6.61. The van der Waals surface area contributed by atoms with Crippen molar-refractivity contribution in [3.05, 3.63) is 29.8 Å². The van der Waals surface area contributed by atoms with E-state index in [9.17, 15) is 5.02 Å². The molecule has 0 fully saturated rings. The van der Waals surface area contributed by atoms with Gasteiger partial charge in [0.05, 0.1) is 6.07 Å². The molecule has 0 unspecified atom stereocenters. The standard InChI is InChI=1S/C8H6BNO2/c10-5-8-6-3-1-2-4-7(6)9(11)12-8/h1-4,8,11H/t8-/m0/s1. The van der Waals surface area contributed by atoms with Gasteiger partial charge >= 0.3 is 7.12 Å². The van der Waals surface area contributed by atoms with Crippen molar-refractivity contribution in [1.82, 2.24) is 0 Å². The van der Waals surface area contributed by atoms with E-state index in [0.717, 1.165) is 5.56 Å². The first-order valence-electron chi connectivity index (χ1n) is 3.65. The van der Waals surface area contributed by atoms with Crippen molar-refractivity contribution >= 4 is 12.6 Å². The van der Waals surface area contributed by atoms with Gasteiger partial charge < -0.3 is 9.68 Å². The van der Waals surface area contributed by atoms with Crippen LogP contribution in [0.2, 0.25) is 0 Å². The van der Waals surface area contributed by atoms with Gasteiger partial charge in [0.2, 0.25) is 0 Å². The minimum absolute atomic E-state index is 0.615. The lowest BCUT2D eigenvalue weighted by Crippen LogP contribution is -2.27. The maximum atomic E-state index is 9.31.